The number of nitrogens with zero attached hydrogens (tertiary/aromatic N) is 1. The van der Waals surface area contributed by atoms with Gasteiger partial charge in [0.2, 0.25) is 15.9 Å². The van der Waals surface area contributed by atoms with Crippen LogP contribution in [0.2, 0.25) is 0 Å². The zero-order chi connectivity index (χ0) is 20.4. The zero-order valence-electron chi connectivity index (χ0n) is 14.8. The lowest BCUT2D eigenvalue weighted by molar-refractivity contribution is -0.137. The first kappa shape index (κ1) is 20.3. The number of alkyl halides is 3. The van der Waals surface area contributed by atoms with Crippen molar-refractivity contribution in [2.75, 3.05) is 6.54 Å². The smallest absolute Gasteiger partial charge is 0.351 e. The molecule has 1 saturated heterocycles. The number of sulfonamides is 1. The van der Waals surface area contributed by atoms with Crippen molar-refractivity contribution in [1.29, 1.82) is 0 Å². The van der Waals surface area contributed by atoms with Crippen LogP contribution in [0.3, 0.4) is 0 Å². The second-order valence-corrected chi connectivity index (χ2v) is 8.39. The van der Waals surface area contributed by atoms with Gasteiger partial charge in [-0.25, -0.2) is 8.42 Å². The molecule has 1 atom stereocenters. The van der Waals surface area contributed by atoms with Gasteiger partial charge in [0.1, 0.15) is 6.04 Å². The van der Waals surface area contributed by atoms with Crippen molar-refractivity contribution in [3.05, 3.63) is 65.7 Å². The van der Waals surface area contributed by atoms with Gasteiger partial charge in [0.05, 0.1) is 10.5 Å². The summed E-state index contributed by atoms with van der Waals surface area (Å²) in [5.41, 5.74) is -0.507. The number of carbonyl (C=O) groups is 1. The fraction of sp³-hybridized carbons (Fsp3) is 0.316. The molecular weight excluding hydrogens is 393 g/mol. The average molecular weight is 412 g/mol. The van der Waals surface area contributed by atoms with Crippen molar-refractivity contribution in [2.45, 2.75) is 36.5 Å². The van der Waals surface area contributed by atoms with E-state index in [1.54, 1.807) is 18.2 Å². The largest absolute Gasteiger partial charge is 0.416 e. The van der Waals surface area contributed by atoms with Gasteiger partial charge >= 0.3 is 6.18 Å². The van der Waals surface area contributed by atoms with E-state index in [1.807, 2.05) is 0 Å². The molecule has 1 aliphatic heterocycles. The SMILES string of the molecule is O=C(NCc1cccc(C(F)(F)F)c1)[C@@H]1CCCN1S(=O)(=O)c1ccccc1. The Bertz CT molecular complexity index is 946. The second kappa shape index (κ2) is 7.92. The molecule has 1 aliphatic rings. The predicted octanol–water partition coefficient (Wildman–Crippen LogP) is 3.17. The van der Waals surface area contributed by atoms with Gasteiger partial charge in [0.15, 0.2) is 0 Å². The number of hydrogen-bond donors (Lipinski definition) is 1. The van der Waals surface area contributed by atoms with Crippen LogP contribution in [0.25, 0.3) is 0 Å². The first-order chi connectivity index (χ1) is 13.2. The molecular formula is C19H19F3N2O3S. The van der Waals surface area contributed by atoms with E-state index in [1.165, 1.54) is 24.3 Å². The summed E-state index contributed by atoms with van der Waals surface area (Å²) in [6.45, 7) is 0.108. The van der Waals surface area contributed by atoms with E-state index >= 15 is 0 Å². The molecule has 0 aliphatic carbocycles. The molecule has 0 bridgehead atoms. The van der Waals surface area contributed by atoms with Crippen molar-refractivity contribution in [3.8, 4) is 0 Å². The highest BCUT2D eigenvalue weighted by Crippen LogP contribution is 2.30. The van der Waals surface area contributed by atoms with Crippen LogP contribution in [0.5, 0.6) is 0 Å². The number of rotatable bonds is 5. The minimum absolute atomic E-state index is 0.104. The summed E-state index contributed by atoms with van der Waals surface area (Å²) >= 11 is 0. The van der Waals surface area contributed by atoms with E-state index in [4.69, 9.17) is 0 Å². The molecule has 1 fully saturated rings. The van der Waals surface area contributed by atoms with Crippen molar-refractivity contribution < 1.29 is 26.4 Å². The summed E-state index contributed by atoms with van der Waals surface area (Å²) in [5, 5.41) is 2.56. The molecule has 2 aromatic rings. The highest BCUT2D eigenvalue weighted by molar-refractivity contribution is 7.89. The highest BCUT2D eigenvalue weighted by Gasteiger charge is 2.39. The predicted molar refractivity (Wildman–Crippen MR) is 96.6 cm³/mol. The molecule has 1 amide bonds. The van der Waals surface area contributed by atoms with Crippen LogP contribution in [-0.2, 0) is 27.5 Å². The lowest BCUT2D eigenvalue weighted by atomic mass is 10.1. The van der Waals surface area contributed by atoms with Gasteiger partial charge in [-0.1, -0.05) is 30.3 Å². The molecule has 0 saturated carbocycles. The maximum atomic E-state index is 12.8. The van der Waals surface area contributed by atoms with Gasteiger partial charge in [0.25, 0.3) is 0 Å². The quantitative estimate of drug-likeness (QED) is 0.820. The zero-order valence-corrected chi connectivity index (χ0v) is 15.6. The summed E-state index contributed by atoms with van der Waals surface area (Å²) < 4.78 is 65.1. The summed E-state index contributed by atoms with van der Waals surface area (Å²) in [6.07, 6.45) is -3.57. The highest BCUT2D eigenvalue weighted by atomic mass is 32.2. The Balaban J connectivity index is 1.71. The second-order valence-electron chi connectivity index (χ2n) is 6.50. The standard InChI is InChI=1S/C19H19F3N2O3S/c20-19(21,22)15-7-4-6-14(12-15)13-23-18(25)17-10-5-11-24(17)28(26,27)16-8-2-1-3-9-16/h1-4,6-9,12,17H,5,10-11,13H2,(H,23,25)/t17-/m0/s1. The van der Waals surface area contributed by atoms with E-state index in [-0.39, 0.29) is 18.0 Å². The van der Waals surface area contributed by atoms with Crippen LogP contribution in [0.15, 0.2) is 59.5 Å². The fourth-order valence-corrected chi connectivity index (χ4v) is 4.86. The maximum Gasteiger partial charge on any atom is 0.416 e. The number of hydrogen-bond acceptors (Lipinski definition) is 3. The third-order valence-electron chi connectivity index (χ3n) is 4.58. The van der Waals surface area contributed by atoms with Gasteiger partial charge in [-0.05, 0) is 42.7 Å². The molecule has 2 aromatic carbocycles. The summed E-state index contributed by atoms with van der Waals surface area (Å²) in [5.74, 6) is -0.519. The van der Waals surface area contributed by atoms with Crippen molar-refractivity contribution >= 4 is 15.9 Å². The molecule has 5 nitrogen and oxygen atoms in total. The van der Waals surface area contributed by atoms with E-state index in [0.717, 1.165) is 16.4 Å². The lowest BCUT2D eigenvalue weighted by Gasteiger charge is -2.23. The number of amides is 1. The number of halogens is 3. The molecule has 28 heavy (non-hydrogen) atoms. The Morgan fingerprint density at radius 2 is 1.82 bits per heavy atom. The third kappa shape index (κ3) is 4.36. The van der Waals surface area contributed by atoms with E-state index in [9.17, 15) is 26.4 Å². The average Bonchev–Trinajstić information content (AvgIpc) is 3.17. The first-order valence-electron chi connectivity index (χ1n) is 8.70. The van der Waals surface area contributed by atoms with Crippen LogP contribution in [-0.4, -0.2) is 31.2 Å². The van der Waals surface area contributed by atoms with Gasteiger partial charge in [-0.3, -0.25) is 4.79 Å². The fourth-order valence-electron chi connectivity index (χ4n) is 3.18. The van der Waals surface area contributed by atoms with Crippen molar-refractivity contribution in [3.63, 3.8) is 0 Å². The first-order valence-corrected chi connectivity index (χ1v) is 10.1. The Hall–Kier alpha value is -2.39. The molecule has 0 aromatic heterocycles. The minimum Gasteiger partial charge on any atom is -0.351 e. The Kier molecular flexibility index (Phi) is 5.76. The lowest BCUT2D eigenvalue weighted by Crippen LogP contribution is -2.45. The Morgan fingerprint density at radius 1 is 1.11 bits per heavy atom. The summed E-state index contributed by atoms with van der Waals surface area (Å²) in [7, 11) is -3.82. The van der Waals surface area contributed by atoms with Crippen LogP contribution in [0.1, 0.15) is 24.0 Å². The molecule has 0 spiro atoms. The number of carbonyl (C=O) groups excluding carboxylic acids is 1. The van der Waals surface area contributed by atoms with E-state index in [2.05, 4.69) is 5.32 Å². The maximum absolute atomic E-state index is 12.8. The Labute approximate surface area is 161 Å². The van der Waals surface area contributed by atoms with E-state index < -0.39 is 33.7 Å². The van der Waals surface area contributed by atoms with Crippen LogP contribution < -0.4 is 5.32 Å². The summed E-state index contributed by atoms with van der Waals surface area (Å²) in [4.78, 5) is 12.7. The van der Waals surface area contributed by atoms with E-state index in [0.29, 0.717) is 18.4 Å². The third-order valence-corrected chi connectivity index (χ3v) is 6.50. The van der Waals surface area contributed by atoms with Gasteiger partial charge in [0, 0.05) is 13.1 Å². The molecule has 1 N–H and O–H groups in total. The van der Waals surface area contributed by atoms with Crippen molar-refractivity contribution in [2.24, 2.45) is 0 Å². The molecule has 9 heteroatoms. The van der Waals surface area contributed by atoms with Crippen LogP contribution >= 0.6 is 0 Å². The Morgan fingerprint density at radius 3 is 2.50 bits per heavy atom. The minimum atomic E-state index is -4.47. The molecule has 0 radical (unpaired) electrons. The molecule has 150 valence electrons. The summed E-state index contributed by atoms with van der Waals surface area (Å²) in [6, 6.07) is 11.6. The topological polar surface area (TPSA) is 66.5 Å². The molecule has 3 rings (SSSR count). The molecule has 1 heterocycles. The normalized spacial score (nSPS) is 18.2. The number of benzene rings is 2. The van der Waals surface area contributed by atoms with Crippen molar-refractivity contribution in [1.82, 2.24) is 9.62 Å². The van der Waals surface area contributed by atoms with Crippen LogP contribution in [0, 0.1) is 0 Å². The molecule has 0 unspecified atom stereocenters. The number of nitrogens with one attached hydrogen (secondary N) is 1. The van der Waals surface area contributed by atoms with Crippen LogP contribution in [0.4, 0.5) is 13.2 Å². The van der Waals surface area contributed by atoms with Gasteiger partial charge in [-0.2, -0.15) is 17.5 Å². The van der Waals surface area contributed by atoms with Gasteiger partial charge < -0.3 is 5.32 Å². The van der Waals surface area contributed by atoms with Gasteiger partial charge in [-0.15, -0.1) is 0 Å². The monoisotopic (exact) mass is 412 g/mol.